The minimum atomic E-state index is -0.935. The van der Waals surface area contributed by atoms with Crippen molar-refractivity contribution in [1.29, 1.82) is 0 Å². The first-order valence-electron chi connectivity index (χ1n) is 9.52. The Balaban J connectivity index is 2.62. The van der Waals surface area contributed by atoms with E-state index in [0.29, 0.717) is 23.9 Å². The second kappa shape index (κ2) is 14.1. The number of carbonyl (C=O) groups is 1. The van der Waals surface area contributed by atoms with Crippen LogP contribution in [0.25, 0.3) is 6.08 Å². The van der Waals surface area contributed by atoms with Crippen LogP contribution in [0.4, 0.5) is 0 Å². The first-order valence-corrected chi connectivity index (χ1v) is 11.0. The summed E-state index contributed by atoms with van der Waals surface area (Å²) in [6, 6.07) is 7.39. The van der Waals surface area contributed by atoms with Crippen molar-refractivity contribution < 1.29 is 24.9 Å². The van der Waals surface area contributed by atoms with E-state index in [4.69, 9.17) is 4.74 Å². The molecule has 152 valence electrons. The molecule has 0 radical (unpaired) electrons. The molecule has 1 aromatic rings. The summed E-state index contributed by atoms with van der Waals surface area (Å²) in [5.41, 5.74) is 1.53. The summed E-state index contributed by atoms with van der Waals surface area (Å²) in [4.78, 5) is 11.4. The van der Waals surface area contributed by atoms with Gasteiger partial charge in [-0.3, -0.25) is 4.79 Å². The van der Waals surface area contributed by atoms with Crippen molar-refractivity contribution in [3.05, 3.63) is 41.5 Å². The van der Waals surface area contributed by atoms with Crippen molar-refractivity contribution in [2.75, 3.05) is 4.61 Å². The maximum absolute atomic E-state index is 11.4. The molecular weight excluding hydrogens is 459 g/mol. The minimum Gasteiger partial charge on any atom is -0.455 e. The summed E-state index contributed by atoms with van der Waals surface area (Å²) < 4.78 is 5.21. The Bertz CT molecular complexity index is 575. The first-order chi connectivity index (χ1) is 13.0. The van der Waals surface area contributed by atoms with E-state index >= 15 is 0 Å². The first kappa shape index (κ1) is 24.1. The molecule has 3 N–H and O–H groups in total. The van der Waals surface area contributed by atoms with Gasteiger partial charge in [-0.15, -0.1) is 0 Å². The molecule has 0 fully saturated rings. The van der Waals surface area contributed by atoms with E-state index < -0.39 is 18.3 Å². The number of rotatable bonds is 13. The number of aliphatic hydroxyl groups is 3. The van der Waals surface area contributed by atoms with Crippen LogP contribution in [0, 0.1) is 0 Å². The van der Waals surface area contributed by atoms with E-state index in [0.717, 1.165) is 30.4 Å². The zero-order valence-corrected chi connectivity index (χ0v) is 18.0. The van der Waals surface area contributed by atoms with E-state index in [2.05, 4.69) is 6.92 Å². The molecule has 0 amide bonds. The summed E-state index contributed by atoms with van der Waals surface area (Å²) in [5, 5.41) is 30.6. The Labute approximate surface area is 175 Å². The molecule has 0 spiro atoms. The zero-order valence-electron chi connectivity index (χ0n) is 15.9. The second-order valence-electron chi connectivity index (χ2n) is 6.58. The van der Waals surface area contributed by atoms with Crippen LogP contribution in [0.3, 0.4) is 0 Å². The minimum absolute atomic E-state index is 0.259. The highest BCUT2D eigenvalue weighted by atomic mass is 127. The predicted molar refractivity (Wildman–Crippen MR) is 115 cm³/mol. The number of benzene rings is 1. The molecule has 0 bridgehead atoms. The van der Waals surface area contributed by atoms with Gasteiger partial charge in [-0.2, -0.15) is 0 Å². The molecule has 0 aliphatic carbocycles. The number of unbranched alkanes of at least 4 members (excludes halogenated alkanes) is 2. The SMILES string of the molecule is CCCCC[C@H](O)[C@H](O)/C=C/c1ccccc1[C@@H](O)CCCC(=O)OCI. The summed E-state index contributed by atoms with van der Waals surface area (Å²) in [7, 11) is 0. The highest BCUT2D eigenvalue weighted by Gasteiger charge is 2.15. The standard InChI is InChI=1S/C21H31IO5/c1-2-3-4-10-19(24)20(25)14-13-16-8-5-6-9-17(16)18(23)11-7-12-21(26)27-15-22/h5-6,8-9,13-14,18-20,23-25H,2-4,7,10-12,15H2,1H3/b14-13+/t18-,19-,20+/m0/s1. The monoisotopic (exact) mass is 490 g/mol. The van der Waals surface area contributed by atoms with Crippen LogP contribution in [-0.4, -0.2) is 38.1 Å². The Morgan fingerprint density at radius 2 is 1.89 bits per heavy atom. The summed E-state index contributed by atoms with van der Waals surface area (Å²) in [6.45, 7) is 2.09. The van der Waals surface area contributed by atoms with Gasteiger partial charge in [0.15, 0.2) is 0 Å². The van der Waals surface area contributed by atoms with Crippen LogP contribution in [0.15, 0.2) is 30.3 Å². The quantitative estimate of drug-likeness (QED) is 0.168. The lowest BCUT2D eigenvalue weighted by Gasteiger charge is -2.16. The van der Waals surface area contributed by atoms with Gasteiger partial charge in [0.05, 0.1) is 18.3 Å². The fourth-order valence-electron chi connectivity index (χ4n) is 2.80. The predicted octanol–water partition coefficient (Wildman–Crippen LogP) is 4.14. The van der Waals surface area contributed by atoms with Crippen molar-refractivity contribution >= 4 is 34.6 Å². The van der Waals surface area contributed by atoms with Crippen LogP contribution in [0.1, 0.15) is 69.1 Å². The number of ether oxygens (including phenoxy) is 1. The van der Waals surface area contributed by atoms with Gasteiger partial charge < -0.3 is 20.1 Å². The molecule has 0 unspecified atom stereocenters. The molecule has 27 heavy (non-hydrogen) atoms. The zero-order chi connectivity index (χ0) is 20.1. The summed E-state index contributed by atoms with van der Waals surface area (Å²) in [5.74, 6) is -0.259. The van der Waals surface area contributed by atoms with E-state index in [1.54, 1.807) is 12.2 Å². The Hall–Kier alpha value is -0.960. The van der Waals surface area contributed by atoms with Gasteiger partial charge >= 0.3 is 5.97 Å². The fraction of sp³-hybridized carbons (Fsp3) is 0.571. The summed E-state index contributed by atoms with van der Waals surface area (Å²) in [6.07, 6.45) is 5.70. The largest absolute Gasteiger partial charge is 0.455 e. The maximum atomic E-state index is 11.4. The number of aliphatic hydroxyl groups excluding tert-OH is 3. The smallest absolute Gasteiger partial charge is 0.306 e. The van der Waals surface area contributed by atoms with Crippen molar-refractivity contribution in [3.63, 3.8) is 0 Å². The summed E-state index contributed by atoms with van der Waals surface area (Å²) >= 11 is 1.97. The second-order valence-corrected chi connectivity index (χ2v) is 7.20. The molecule has 1 rings (SSSR count). The van der Waals surface area contributed by atoms with Gasteiger partial charge in [0, 0.05) is 6.42 Å². The Morgan fingerprint density at radius 3 is 2.59 bits per heavy atom. The normalized spacial score (nSPS) is 14.9. The molecule has 3 atom stereocenters. The lowest BCUT2D eigenvalue weighted by Crippen LogP contribution is -2.23. The van der Waals surface area contributed by atoms with Crippen LogP contribution in [0.2, 0.25) is 0 Å². The molecule has 0 saturated heterocycles. The van der Waals surface area contributed by atoms with Crippen LogP contribution < -0.4 is 0 Å². The van der Waals surface area contributed by atoms with Gasteiger partial charge in [-0.1, -0.05) is 62.6 Å². The average molecular weight is 490 g/mol. The van der Waals surface area contributed by atoms with Gasteiger partial charge in [0.25, 0.3) is 0 Å². The molecule has 6 heteroatoms. The molecule has 0 heterocycles. The van der Waals surface area contributed by atoms with Gasteiger partial charge in [-0.25, -0.2) is 0 Å². The highest BCUT2D eigenvalue weighted by molar-refractivity contribution is 14.1. The molecule has 0 aromatic heterocycles. The third kappa shape index (κ3) is 9.69. The number of esters is 1. The fourth-order valence-corrected chi connectivity index (χ4v) is 3.15. The van der Waals surface area contributed by atoms with Gasteiger partial charge in [-0.05, 0) is 53.0 Å². The molecule has 1 aromatic carbocycles. The van der Waals surface area contributed by atoms with Gasteiger partial charge in [0.2, 0.25) is 0 Å². The number of hydrogen-bond donors (Lipinski definition) is 3. The van der Waals surface area contributed by atoms with Crippen LogP contribution in [0.5, 0.6) is 0 Å². The maximum Gasteiger partial charge on any atom is 0.306 e. The van der Waals surface area contributed by atoms with E-state index in [-0.39, 0.29) is 12.4 Å². The topological polar surface area (TPSA) is 87.0 Å². The van der Waals surface area contributed by atoms with Crippen molar-refractivity contribution in [2.45, 2.75) is 70.2 Å². The van der Waals surface area contributed by atoms with Crippen LogP contribution in [-0.2, 0) is 9.53 Å². The number of carbonyl (C=O) groups excluding carboxylic acids is 1. The Kier molecular flexibility index (Phi) is 12.6. The Morgan fingerprint density at radius 1 is 1.15 bits per heavy atom. The van der Waals surface area contributed by atoms with E-state index in [1.165, 1.54) is 0 Å². The lowest BCUT2D eigenvalue weighted by molar-refractivity contribution is -0.141. The molecule has 0 aliphatic rings. The van der Waals surface area contributed by atoms with E-state index in [1.807, 2.05) is 46.9 Å². The number of halogens is 1. The number of hydrogen-bond acceptors (Lipinski definition) is 5. The number of alkyl halides is 1. The molecule has 0 saturated carbocycles. The van der Waals surface area contributed by atoms with Crippen molar-refractivity contribution in [2.24, 2.45) is 0 Å². The third-order valence-electron chi connectivity index (χ3n) is 4.40. The lowest BCUT2D eigenvalue weighted by atomic mass is 9.97. The van der Waals surface area contributed by atoms with Crippen molar-refractivity contribution in [1.82, 2.24) is 0 Å². The third-order valence-corrected chi connectivity index (χ3v) is 4.71. The molecule has 5 nitrogen and oxygen atoms in total. The van der Waals surface area contributed by atoms with Gasteiger partial charge in [0.1, 0.15) is 4.61 Å². The van der Waals surface area contributed by atoms with E-state index in [9.17, 15) is 20.1 Å². The van der Waals surface area contributed by atoms with Crippen molar-refractivity contribution in [3.8, 4) is 0 Å². The van der Waals surface area contributed by atoms with Crippen LogP contribution >= 0.6 is 22.6 Å². The molecule has 0 aliphatic heterocycles. The average Bonchev–Trinajstić information content (AvgIpc) is 2.66. The molecular formula is C21H31IO5. The highest BCUT2D eigenvalue weighted by Crippen LogP contribution is 2.24.